The molecule has 0 bridgehead atoms. The van der Waals surface area contributed by atoms with Gasteiger partial charge in [-0.15, -0.1) is 0 Å². The van der Waals surface area contributed by atoms with E-state index < -0.39 is 0 Å². The van der Waals surface area contributed by atoms with E-state index >= 15 is 0 Å². The Morgan fingerprint density at radius 2 is 2.08 bits per heavy atom. The molecular formula is C10H22N2. The Morgan fingerprint density at radius 3 is 2.67 bits per heavy atom. The van der Waals surface area contributed by atoms with Crippen molar-refractivity contribution in [1.82, 2.24) is 10.2 Å². The van der Waals surface area contributed by atoms with Gasteiger partial charge in [0.15, 0.2) is 0 Å². The lowest BCUT2D eigenvalue weighted by Crippen LogP contribution is -2.43. The van der Waals surface area contributed by atoms with Crippen molar-refractivity contribution in [2.75, 3.05) is 20.6 Å². The second-order valence-electron chi connectivity index (χ2n) is 4.02. The third-order valence-electron chi connectivity index (χ3n) is 2.80. The molecule has 2 unspecified atom stereocenters. The Bertz CT molecular complexity index is 123. The van der Waals surface area contributed by atoms with Gasteiger partial charge in [-0.05, 0) is 39.9 Å². The maximum absolute atomic E-state index is 3.62. The molecular weight excluding hydrogens is 148 g/mol. The molecule has 2 nitrogen and oxygen atoms in total. The zero-order valence-electron chi connectivity index (χ0n) is 8.64. The maximum atomic E-state index is 3.62. The molecule has 0 aromatic rings. The molecule has 72 valence electrons. The van der Waals surface area contributed by atoms with Gasteiger partial charge in [0.25, 0.3) is 0 Å². The van der Waals surface area contributed by atoms with Crippen molar-refractivity contribution in [3.05, 3.63) is 0 Å². The molecule has 0 spiro atoms. The molecule has 1 aliphatic rings. The maximum Gasteiger partial charge on any atom is 0.0243 e. The van der Waals surface area contributed by atoms with E-state index in [2.05, 4.69) is 31.2 Å². The molecule has 0 aliphatic heterocycles. The highest BCUT2D eigenvalue weighted by molar-refractivity contribution is 4.87. The van der Waals surface area contributed by atoms with Gasteiger partial charge in [0.05, 0.1) is 0 Å². The van der Waals surface area contributed by atoms with E-state index in [0.717, 1.165) is 12.1 Å². The molecule has 1 rings (SSSR count). The van der Waals surface area contributed by atoms with E-state index in [-0.39, 0.29) is 0 Å². The van der Waals surface area contributed by atoms with Gasteiger partial charge in [0.2, 0.25) is 0 Å². The molecule has 0 aromatic heterocycles. The van der Waals surface area contributed by atoms with Crippen LogP contribution in [0.5, 0.6) is 0 Å². The monoisotopic (exact) mass is 170 g/mol. The van der Waals surface area contributed by atoms with Crippen molar-refractivity contribution >= 4 is 0 Å². The Morgan fingerprint density at radius 1 is 1.33 bits per heavy atom. The van der Waals surface area contributed by atoms with Gasteiger partial charge in [0, 0.05) is 12.1 Å². The first-order valence-corrected chi connectivity index (χ1v) is 5.15. The van der Waals surface area contributed by atoms with Crippen LogP contribution < -0.4 is 5.32 Å². The summed E-state index contributed by atoms with van der Waals surface area (Å²) in [4.78, 5) is 2.36. The summed E-state index contributed by atoms with van der Waals surface area (Å²) in [6, 6.07) is 1.52. The standard InChI is InChI=1S/C10H22N2/c1-4-8-11-9-6-5-7-10(9)12(2)3/h9-11H,4-8H2,1-3H3. The summed E-state index contributed by atoms with van der Waals surface area (Å²) in [6.45, 7) is 3.40. The fourth-order valence-electron chi connectivity index (χ4n) is 2.13. The highest BCUT2D eigenvalue weighted by Crippen LogP contribution is 2.22. The zero-order valence-corrected chi connectivity index (χ0v) is 8.64. The minimum absolute atomic E-state index is 0.750. The van der Waals surface area contributed by atoms with Crippen LogP contribution in [0.3, 0.4) is 0 Å². The summed E-state index contributed by atoms with van der Waals surface area (Å²) in [5.41, 5.74) is 0. The van der Waals surface area contributed by atoms with E-state index in [1.165, 1.54) is 32.2 Å². The van der Waals surface area contributed by atoms with Crippen molar-refractivity contribution in [2.24, 2.45) is 0 Å². The highest BCUT2D eigenvalue weighted by atomic mass is 15.1. The molecule has 0 aromatic carbocycles. The second-order valence-corrected chi connectivity index (χ2v) is 4.02. The summed E-state index contributed by atoms with van der Waals surface area (Å²) in [5.74, 6) is 0. The number of nitrogens with one attached hydrogen (secondary N) is 1. The molecule has 0 saturated heterocycles. The van der Waals surface area contributed by atoms with Gasteiger partial charge < -0.3 is 10.2 Å². The molecule has 2 atom stereocenters. The fourth-order valence-corrected chi connectivity index (χ4v) is 2.13. The topological polar surface area (TPSA) is 15.3 Å². The molecule has 1 N–H and O–H groups in total. The lowest BCUT2D eigenvalue weighted by Gasteiger charge is -2.26. The molecule has 1 saturated carbocycles. The lowest BCUT2D eigenvalue weighted by molar-refractivity contribution is 0.253. The normalized spacial score (nSPS) is 30.0. The van der Waals surface area contributed by atoms with Crippen LogP contribution in [0.4, 0.5) is 0 Å². The van der Waals surface area contributed by atoms with Crippen LogP contribution in [-0.4, -0.2) is 37.6 Å². The van der Waals surface area contributed by atoms with E-state index in [9.17, 15) is 0 Å². The molecule has 0 amide bonds. The van der Waals surface area contributed by atoms with Crippen molar-refractivity contribution < 1.29 is 0 Å². The molecule has 12 heavy (non-hydrogen) atoms. The van der Waals surface area contributed by atoms with Gasteiger partial charge in [-0.25, -0.2) is 0 Å². The highest BCUT2D eigenvalue weighted by Gasteiger charge is 2.27. The first kappa shape index (κ1) is 10.0. The predicted octanol–water partition coefficient (Wildman–Crippen LogP) is 1.47. The minimum Gasteiger partial charge on any atom is -0.312 e. The first-order chi connectivity index (χ1) is 5.75. The van der Waals surface area contributed by atoms with Crippen LogP contribution in [0, 0.1) is 0 Å². The Labute approximate surface area is 76.3 Å². The summed E-state index contributed by atoms with van der Waals surface area (Å²) in [6.07, 6.45) is 5.37. The summed E-state index contributed by atoms with van der Waals surface area (Å²) in [5, 5.41) is 3.62. The Hall–Kier alpha value is -0.0800. The van der Waals surface area contributed by atoms with Crippen LogP contribution in [0.1, 0.15) is 32.6 Å². The summed E-state index contributed by atoms with van der Waals surface area (Å²) < 4.78 is 0. The molecule has 0 radical (unpaired) electrons. The van der Waals surface area contributed by atoms with E-state index in [1.54, 1.807) is 0 Å². The number of rotatable bonds is 4. The van der Waals surface area contributed by atoms with Crippen LogP contribution >= 0.6 is 0 Å². The van der Waals surface area contributed by atoms with Crippen LogP contribution in [0.25, 0.3) is 0 Å². The van der Waals surface area contributed by atoms with Crippen molar-refractivity contribution in [3.63, 3.8) is 0 Å². The molecule has 1 fully saturated rings. The Kier molecular flexibility index (Phi) is 4.02. The van der Waals surface area contributed by atoms with Crippen LogP contribution in [-0.2, 0) is 0 Å². The van der Waals surface area contributed by atoms with Gasteiger partial charge in [0.1, 0.15) is 0 Å². The molecule has 1 aliphatic carbocycles. The van der Waals surface area contributed by atoms with E-state index in [1.807, 2.05) is 0 Å². The van der Waals surface area contributed by atoms with Gasteiger partial charge in [-0.1, -0.05) is 13.3 Å². The minimum atomic E-state index is 0.750. The third kappa shape index (κ3) is 2.46. The number of hydrogen-bond acceptors (Lipinski definition) is 2. The number of nitrogens with zero attached hydrogens (tertiary/aromatic N) is 1. The SMILES string of the molecule is CCCNC1CCCC1N(C)C. The average Bonchev–Trinajstić information content (AvgIpc) is 2.48. The second kappa shape index (κ2) is 4.83. The van der Waals surface area contributed by atoms with Crippen LogP contribution in [0.15, 0.2) is 0 Å². The number of likely N-dealkylation sites (N-methyl/N-ethyl adjacent to an activating group) is 1. The van der Waals surface area contributed by atoms with E-state index in [4.69, 9.17) is 0 Å². The van der Waals surface area contributed by atoms with Crippen LogP contribution in [0.2, 0.25) is 0 Å². The van der Waals surface area contributed by atoms with E-state index in [0.29, 0.717) is 0 Å². The summed E-state index contributed by atoms with van der Waals surface area (Å²) in [7, 11) is 4.38. The lowest BCUT2D eigenvalue weighted by atomic mass is 10.1. The van der Waals surface area contributed by atoms with Crippen molar-refractivity contribution in [2.45, 2.75) is 44.7 Å². The first-order valence-electron chi connectivity index (χ1n) is 5.15. The number of hydrogen-bond donors (Lipinski definition) is 1. The van der Waals surface area contributed by atoms with Crippen molar-refractivity contribution in [3.8, 4) is 0 Å². The smallest absolute Gasteiger partial charge is 0.0243 e. The van der Waals surface area contributed by atoms with Gasteiger partial charge >= 0.3 is 0 Å². The van der Waals surface area contributed by atoms with Gasteiger partial charge in [-0.3, -0.25) is 0 Å². The largest absolute Gasteiger partial charge is 0.312 e. The predicted molar refractivity (Wildman–Crippen MR) is 53.4 cm³/mol. The Balaban J connectivity index is 2.30. The summed E-state index contributed by atoms with van der Waals surface area (Å²) >= 11 is 0. The molecule has 0 heterocycles. The van der Waals surface area contributed by atoms with Gasteiger partial charge in [-0.2, -0.15) is 0 Å². The molecule has 2 heteroatoms. The third-order valence-corrected chi connectivity index (χ3v) is 2.80. The fraction of sp³-hybridized carbons (Fsp3) is 1.00. The van der Waals surface area contributed by atoms with Crippen molar-refractivity contribution in [1.29, 1.82) is 0 Å². The quantitative estimate of drug-likeness (QED) is 0.687. The average molecular weight is 170 g/mol. The zero-order chi connectivity index (χ0) is 8.97.